The summed E-state index contributed by atoms with van der Waals surface area (Å²) in [5.74, 6) is 0. The third kappa shape index (κ3) is 5.18. The zero-order valence-corrected chi connectivity index (χ0v) is 32.4. The van der Waals surface area contributed by atoms with Crippen molar-refractivity contribution in [2.75, 3.05) is 9.80 Å². The molecule has 12 aromatic rings. The van der Waals surface area contributed by atoms with Gasteiger partial charge >= 0.3 is 0 Å². The van der Waals surface area contributed by atoms with Crippen molar-refractivity contribution in [2.45, 2.75) is 13.8 Å². The first-order chi connectivity index (χ1) is 29.1. The molecule has 0 fully saturated rings. The number of nitrogens with zero attached hydrogens (tertiary/aromatic N) is 2. The molecule has 0 aliphatic rings. The van der Waals surface area contributed by atoms with E-state index in [1.165, 1.54) is 11.1 Å². The quantitative estimate of drug-likeness (QED) is 0.169. The largest absolute Gasteiger partial charge is 0.456 e. The topological polar surface area (TPSA) is 45.9 Å². The summed E-state index contributed by atoms with van der Waals surface area (Å²) < 4.78 is 20.3. The van der Waals surface area contributed by atoms with E-state index in [-0.39, 0.29) is 0 Å². The fourth-order valence-electron chi connectivity index (χ4n) is 9.12. The summed E-state index contributed by atoms with van der Waals surface area (Å²) in [7, 11) is 0. The number of benzene rings is 9. The van der Waals surface area contributed by atoms with Gasteiger partial charge < -0.3 is 23.1 Å². The number of aryl methyl sites for hydroxylation is 2. The number of hydrogen-bond donors (Lipinski definition) is 0. The highest BCUT2D eigenvalue weighted by atomic mass is 16.3. The molecule has 0 aliphatic heterocycles. The lowest BCUT2D eigenvalue weighted by Crippen LogP contribution is -2.11. The van der Waals surface area contributed by atoms with Crippen LogP contribution in [0.2, 0.25) is 0 Å². The van der Waals surface area contributed by atoms with Crippen LogP contribution in [0.5, 0.6) is 0 Å². The molecule has 0 unspecified atom stereocenters. The van der Waals surface area contributed by atoms with Crippen LogP contribution < -0.4 is 9.80 Å². The van der Waals surface area contributed by atoms with Crippen molar-refractivity contribution < 1.29 is 13.3 Å². The number of anilines is 6. The molecular weight excluding hydrogens is 725 g/mol. The fourth-order valence-corrected chi connectivity index (χ4v) is 9.12. The van der Waals surface area contributed by atoms with Gasteiger partial charge in [-0.3, -0.25) is 0 Å². The minimum atomic E-state index is 0.802. The highest BCUT2D eigenvalue weighted by molar-refractivity contribution is 6.23. The first kappa shape index (κ1) is 33.4. The molecule has 9 aromatic carbocycles. The lowest BCUT2D eigenvalue weighted by Gasteiger charge is -2.27. The Morgan fingerprint density at radius 1 is 0.305 bits per heavy atom. The van der Waals surface area contributed by atoms with Crippen molar-refractivity contribution in [3.63, 3.8) is 0 Å². The van der Waals surface area contributed by atoms with E-state index >= 15 is 0 Å². The molecule has 3 aromatic heterocycles. The molecule has 0 amide bonds. The third-order valence-corrected chi connectivity index (χ3v) is 11.7. The third-order valence-electron chi connectivity index (χ3n) is 11.7. The van der Waals surface area contributed by atoms with E-state index in [2.05, 4.69) is 181 Å². The second-order valence-corrected chi connectivity index (χ2v) is 15.4. The van der Waals surface area contributed by atoms with E-state index in [0.29, 0.717) is 0 Å². The van der Waals surface area contributed by atoms with E-state index in [4.69, 9.17) is 13.3 Å². The normalized spacial score (nSPS) is 11.9. The maximum Gasteiger partial charge on any atom is 0.159 e. The maximum atomic E-state index is 7.00. The summed E-state index contributed by atoms with van der Waals surface area (Å²) in [6, 6.07) is 64.0. The maximum absolute atomic E-state index is 7.00. The van der Waals surface area contributed by atoms with Crippen LogP contribution in [0.25, 0.3) is 76.6 Å². The van der Waals surface area contributed by atoms with Gasteiger partial charge in [0.1, 0.15) is 22.3 Å². The zero-order chi connectivity index (χ0) is 39.2. The van der Waals surface area contributed by atoms with E-state index < -0.39 is 0 Å². The predicted molar refractivity (Wildman–Crippen MR) is 245 cm³/mol. The Labute approximate surface area is 339 Å². The molecule has 0 radical (unpaired) electrons. The van der Waals surface area contributed by atoms with Gasteiger partial charge in [0.05, 0.1) is 22.7 Å². The van der Waals surface area contributed by atoms with Gasteiger partial charge in [-0.25, -0.2) is 0 Å². The van der Waals surface area contributed by atoms with Gasteiger partial charge in [-0.2, -0.15) is 0 Å². The average Bonchev–Trinajstić information content (AvgIpc) is 3.96. The standard InChI is InChI=1S/C54H36N2O3/c1-33-13-9-15-35(29-33)55(45-23-11-21-42-39-18-5-7-25-48(39)58-53(42)45)37-27-28-44-50(31-37)57-51-32-47(38-17-3-4-20-41(38)52(44)51)56(36-16-10-14-34(2)30-36)46-24-12-22-43-40-19-6-8-26-49(40)59-54(43)46/h3-32H,1-2H3. The molecule has 3 heterocycles. The smallest absolute Gasteiger partial charge is 0.159 e. The predicted octanol–water partition coefficient (Wildman–Crippen LogP) is 16.1. The average molecular weight is 761 g/mol. The molecule has 5 heteroatoms. The van der Waals surface area contributed by atoms with Crippen LogP contribution in [0.1, 0.15) is 11.1 Å². The Morgan fingerprint density at radius 2 is 0.814 bits per heavy atom. The van der Waals surface area contributed by atoms with Gasteiger partial charge in [-0.15, -0.1) is 0 Å². The van der Waals surface area contributed by atoms with Crippen LogP contribution in [-0.2, 0) is 0 Å². The summed E-state index contributed by atoms with van der Waals surface area (Å²) in [6.45, 7) is 4.26. The Hall–Kier alpha value is -7.76. The van der Waals surface area contributed by atoms with Crippen LogP contribution in [-0.4, -0.2) is 0 Å². The van der Waals surface area contributed by atoms with Crippen molar-refractivity contribution in [2.24, 2.45) is 0 Å². The molecule has 5 nitrogen and oxygen atoms in total. The number of para-hydroxylation sites is 4. The molecule has 12 rings (SSSR count). The summed E-state index contributed by atoms with van der Waals surface area (Å²) in [5, 5.41) is 8.71. The molecule has 59 heavy (non-hydrogen) atoms. The first-order valence-electron chi connectivity index (χ1n) is 20.0. The van der Waals surface area contributed by atoms with E-state index in [9.17, 15) is 0 Å². The van der Waals surface area contributed by atoms with Crippen molar-refractivity contribution in [1.29, 1.82) is 0 Å². The van der Waals surface area contributed by atoms with Gasteiger partial charge in [-0.1, -0.05) is 109 Å². The number of rotatable bonds is 6. The SMILES string of the molecule is Cc1cccc(N(c2ccc3c(c2)oc2cc(N(c4cccc(C)c4)c4cccc5c4oc4ccccc45)c4ccccc4c23)c2cccc3c2oc2ccccc23)c1. The Kier molecular flexibility index (Phi) is 7.29. The summed E-state index contributed by atoms with van der Waals surface area (Å²) in [6.07, 6.45) is 0. The molecule has 280 valence electrons. The molecule has 0 saturated heterocycles. The summed E-state index contributed by atoms with van der Waals surface area (Å²) in [4.78, 5) is 4.60. The Bertz CT molecular complexity index is 3630. The number of hydrogen-bond acceptors (Lipinski definition) is 5. The minimum Gasteiger partial charge on any atom is -0.456 e. The van der Waals surface area contributed by atoms with Gasteiger partial charge in [0.25, 0.3) is 0 Å². The molecule has 0 N–H and O–H groups in total. The molecule has 0 bridgehead atoms. The first-order valence-corrected chi connectivity index (χ1v) is 20.0. The van der Waals surface area contributed by atoms with E-state index in [1.54, 1.807) is 0 Å². The Balaban J connectivity index is 1.10. The molecule has 0 aliphatic carbocycles. The summed E-state index contributed by atoms with van der Waals surface area (Å²) in [5.41, 5.74) is 13.3. The lowest BCUT2D eigenvalue weighted by atomic mass is 10.00. The highest BCUT2D eigenvalue weighted by Gasteiger charge is 2.25. The van der Waals surface area contributed by atoms with E-state index in [1.807, 2.05) is 24.3 Å². The van der Waals surface area contributed by atoms with Gasteiger partial charge in [0.15, 0.2) is 11.2 Å². The molecule has 0 spiro atoms. The van der Waals surface area contributed by atoms with Gasteiger partial charge in [-0.05, 0) is 91.0 Å². The second kappa shape index (κ2) is 12.9. The summed E-state index contributed by atoms with van der Waals surface area (Å²) >= 11 is 0. The zero-order valence-electron chi connectivity index (χ0n) is 32.4. The van der Waals surface area contributed by atoms with Crippen molar-refractivity contribution in [3.8, 4) is 0 Å². The molecule has 0 saturated carbocycles. The molecule has 0 atom stereocenters. The lowest BCUT2D eigenvalue weighted by molar-refractivity contribution is 0.667. The van der Waals surface area contributed by atoms with E-state index in [0.717, 1.165) is 111 Å². The molecular formula is C54H36N2O3. The van der Waals surface area contributed by atoms with Crippen LogP contribution in [0, 0.1) is 13.8 Å². The van der Waals surface area contributed by atoms with Gasteiger partial charge in [0.2, 0.25) is 0 Å². The fraction of sp³-hybridized carbons (Fsp3) is 0.0370. The number of fused-ring (bicyclic) bond motifs is 11. The Morgan fingerprint density at radius 3 is 1.44 bits per heavy atom. The van der Waals surface area contributed by atoms with Crippen LogP contribution in [0.15, 0.2) is 195 Å². The van der Waals surface area contributed by atoms with Crippen LogP contribution >= 0.6 is 0 Å². The van der Waals surface area contributed by atoms with Crippen molar-refractivity contribution in [1.82, 2.24) is 0 Å². The second-order valence-electron chi connectivity index (χ2n) is 15.4. The van der Waals surface area contributed by atoms with Crippen LogP contribution in [0.3, 0.4) is 0 Å². The number of furan rings is 3. The highest BCUT2D eigenvalue weighted by Crippen LogP contribution is 2.49. The van der Waals surface area contributed by atoms with Gasteiger partial charge in [0, 0.05) is 61.2 Å². The van der Waals surface area contributed by atoms with Crippen molar-refractivity contribution in [3.05, 3.63) is 193 Å². The van der Waals surface area contributed by atoms with Crippen LogP contribution in [0.4, 0.5) is 34.1 Å². The monoisotopic (exact) mass is 760 g/mol. The minimum absolute atomic E-state index is 0.802. The van der Waals surface area contributed by atoms with Crippen molar-refractivity contribution >= 4 is 111 Å².